The molecule has 0 aromatic heterocycles. The zero-order valence-electron chi connectivity index (χ0n) is 8.10. The average Bonchev–Trinajstić information content (AvgIpc) is 2.19. The summed E-state index contributed by atoms with van der Waals surface area (Å²) in [5.74, 6) is 0.233. The zero-order chi connectivity index (χ0) is 10.4. The number of rotatable bonds is 0. The molecule has 2 aliphatic rings. The van der Waals surface area contributed by atoms with Crippen molar-refractivity contribution < 1.29 is 4.79 Å². The molecule has 1 fully saturated rings. The number of hydrogen-bond donors (Lipinski definition) is 1. The summed E-state index contributed by atoms with van der Waals surface area (Å²) in [6, 6.07) is 10.1. The standard InChI is InChI=1S/C12H10N2O/c13-6-7-5-9-11(7)8-3-1-2-4-10(8)14-12(9)15/h1-4,7,9,11H,5H2,(H,14,15)/t7-,9+,11+/m1/s1. The summed E-state index contributed by atoms with van der Waals surface area (Å²) in [6.45, 7) is 0. The van der Waals surface area contributed by atoms with Crippen LogP contribution in [0.2, 0.25) is 0 Å². The van der Waals surface area contributed by atoms with Gasteiger partial charge in [-0.05, 0) is 18.1 Å². The van der Waals surface area contributed by atoms with E-state index in [-0.39, 0.29) is 23.7 Å². The lowest BCUT2D eigenvalue weighted by atomic mass is 9.60. The van der Waals surface area contributed by atoms with E-state index < -0.39 is 0 Å². The van der Waals surface area contributed by atoms with Gasteiger partial charge in [-0.1, -0.05) is 18.2 Å². The highest BCUT2D eigenvalue weighted by molar-refractivity contribution is 5.97. The molecular formula is C12H10N2O. The number of nitrogens with one attached hydrogen (secondary N) is 1. The maximum atomic E-state index is 11.7. The first-order valence-corrected chi connectivity index (χ1v) is 5.10. The number of nitriles is 1. The second-order valence-corrected chi connectivity index (χ2v) is 4.18. The molecule has 1 saturated carbocycles. The van der Waals surface area contributed by atoms with Crippen LogP contribution in [0.4, 0.5) is 5.69 Å². The summed E-state index contributed by atoms with van der Waals surface area (Å²) in [6.07, 6.45) is 0.710. The first-order valence-electron chi connectivity index (χ1n) is 5.10. The third-order valence-corrected chi connectivity index (χ3v) is 3.46. The summed E-state index contributed by atoms with van der Waals surface area (Å²) in [7, 11) is 0. The van der Waals surface area contributed by atoms with Crippen LogP contribution in [0.15, 0.2) is 24.3 Å². The van der Waals surface area contributed by atoms with E-state index in [1.54, 1.807) is 0 Å². The van der Waals surface area contributed by atoms with Crippen molar-refractivity contribution >= 4 is 11.6 Å². The van der Waals surface area contributed by atoms with Crippen molar-refractivity contribution in [1.29, 1.82) is 5.26 Å². The van der Waals surface area contributed by atoms with Gasteiger partial charge in [-0.2, -0.15) is 5.26 Å². The van der Waals surface area contributed by atoms with E-state index in [0.29, 0.717) is 6.42 Å². The normalized spacial score (nSPS) is 31.7. The van der Waals surface area contributed by atoms with Gasteiger partial charge >= 0.3 is 0 Å². The van der Waals surface area contributed by atoms with Crippen LogP contribution in [0.5, 0.6) is 0 Å². The molecule has 3 nitrogen and oxygen atoms in total. The summed E-state index contributed by atoms with van der Waals surface area (Å²) in [5.41, 5.74) is 2.00. The predicted molar refractivity (Wildman–Crippen MR) is 55.0 cm³/mol. The molecule has 3 atom stereocenters. The molecule has 0 bridgehead atoms. The molecule has 0 saturated heterocycles. The van der Waals surface area contributed by atoms with Gasteiger partial charge in [0.25, 0.3) is 0 Å². The number of hydrogen-bond acceptors (Lipinski definition) is 2. The van der Waals surface area contributed by atoms with Crippen molar-refractivity contribution in [1.82, 2.24) is 0 Å². The second-order valence-electron chi connectivity index (χ2n) is 4.18. The molecule has 15 heavy (non-hydrogen) atoms. The Morgan fingerprint density at radius 3 is 3.00 bits per heavy atom. The minimum atomic E-state index is 0.0159. The van der Waals surface area contributed by atoms with E-state index in [0.717, 1.165) is 11.3 Å². The number of nitrogens with zero attached hydrogens (tertiary/aromatic N) is 1. The molecule has 3 rings (SSSR count). The third kappa shape index (κ3) is 1.02. The zero-order valence-corrected chi connectivity index (χ0v) is 8.10. The Balaban J connectivity index is 2.09. The summed E-state index contributed by atoms with van der Waals surface area (Å²) >= 11 is 0. The second kappa shape index (κ2) is 2.83. The number of amides is 1. The quantitative estimate of drug-likeness (QED) is 0.692. The molecule has 1 aromatic rings. The molecule has 74 valence electrons. The van der Waals surface area contributed by atoms with Crippen LogP contribution in [-0.4, -0.2) is 5.91 Å². The number of fused-ring (bicyclic) bond motifs is 3. The lowest BCUT2D eigenvalue weighted by molar-refractivity contribution is -0.124. The van der Waals surface area contributed by atoms with Crippen LogP contribution in [0.25, 0.3) is 0 Å². The molecule has 1 N–H and O–H groups in total. The van der Waals surface area contributed by atoms with Gasteiger partial charge in [0.2, 0.25) is 5.91 Å². The molecule has 0 unspecified atom stereocenters. The first-order chi connectivity index (χ1) is 7.31. The van der Waals surface area contributed by atoms with Gasteiger partial charge in [-0.15, -0.1) is 0 Å². The summed E-state index contributed by atoms with van der Waals surface area (Å²) < 4.78 is 0. The molecule has 1 aromatic carbocycles. The molecule has 1 aliphatic heterocycles. The minimum absolute atomic E-state index is 0.0159. The first kappa shape index (κ1) is 8.49. The van der Waals surface area contributed by atoms with Gasteiger partial charge in [0.05, 0.1) is 12.0 Å². The Morgan fingerprint density at radius 1 is 1.40 bits per heavy atom. The lowest BCUT2D eigenvalue weighted by Gasteiger charge is -2.44. The van der Waals surface area contributed by atoms with Crippen LogP contribution in [0.1, 0.15) is 17.9 Å². The van der Waals surface area contributed by atoms with Crippen molar-refractivity contribution in [3.05, 3.63) is 29.8 Å². The number of para-hydroxylation sites is 1. The van der Waals surface area contributed by atoms with Crippen molar-refractivity contribution in [2.45, 2.75) is 12.3 Å². The Morgan fingerprint density at radius 2 is 2.20 bits per heavy atom. The van der Waals surface area contributed by atoms with Crippen LogP contribution < -0.4 is 5.32 Å². The highest BCUT2D eigenvalue weighted by Gasteiger charge is 2.49. The van der Waals surface area contributed by atoms with Crippen LogP contribution in [0.3, 0.4) is 0 Å². The highest BCUT2D eigenvalue weighted by atomic mass is 16.2. The van der Waals surface area contributed by atoms with Gasteiger partial charge in [-0.25, -0.2) is 0 Å². The molecule has 1 aliphatic carbocycles. The van der Waals surface area contributed by atoms with E-state index in [4.69, 9.17) is 5.26 Å². The van der Waals surface area contributed by atoms with Gasteiger partial charge in [0, 0.05) is 17.5 Å². The third-order valence-electron chi connectivity index (χ3n) is 3.46. The molecule has 0 spiro atoms. The Hall–Kier alpha value is -1.82. The van der Waals surface area contributed by atoms with E-state index in [1.165, 1.54) is 0 Å². The van der Waals surface area contributed by atoms with Gasteiger partial charge in [-0.3, -0.25) is 4.79 Å². The number of anilines is 1. The van der Waals surface area contributed by atoms with E-state index >= 15 is 0 Å². The van der Waals surface area contributed by atoms with Gasteiger partial charge in [0.15, 0.2) is 0 Å². The Kier molecular flexibility index (Phi) is 1.60. The number of benzene rings is 1. The molecule has 0 radical (unpaired) electrons. The summed E-state index contributed by atoms with van der Waals surface area (Å²) in [4.78, 5) is 11.7. The summed E-state index contributed by atoms with van der Waals surface area (Å²) in [5, 5.41) is 11.8. The van der Waals surface area contributed by atoms with Crippen molar-refractivity contribution in [2.75, 3.05) is 5.32 Å². The van der Waals surface area contributed by atoms with Gasteiger partial charge < -0.3 is 5.32 Å². The lowest BCUT2D eigenvalue weighted by Crippen LogP contribution is -2.45. The van der Waals surface area contributed by atoms with E-state index in [1.807, 2.05) is 24.3 Å². The minimum Gasteiger partial charge on any atom is -0.326 e. The average molecular weight is 198 g/mol. The number of carbonyl (C=O) groups excluding carboxylic acids is 1. The van der Waals surface area contributed by atoms with Crippen molar-refractivity contribution in [3.63, 3.8) is 0 Å². The Labute approximate surface area is 87.7 Å². The fourth-order valence-electron chi connectivity index (χ4n) is 2.61. The van der Waals surface area contributed by atoms with Crippen LogP contribution in [-0.2, 0) is 4.79 Å². The van der Waals surface area contributed by atoms with Gasteiger partial charge in [0.1, 0.15) is 0 Å². The fraction of sp³-hybridized carbons (Fsp3) is 0.333. The molecule has 1 amide bonds. The van der Waals surface area contributed by atoms with E-state index in [9.17, 15) is 4.79 Å². The monoisotopic (exact) mass is 198 g/mol. The van der Waals surface area contributed by atoms with Crippen LogP contribution in [0, 0.1) is 23.2 Å². The topological polar surface area (TPSA) is 52.9 Å². The maximum Gasteiger partial charge on any atom is 0.228 e. The number of carbonyl (C=O) groups is 1. The Bertz CT molecular complexity index is 475. The van der Waals surface area contributed by atoms with Crippen molar-refractivity contribution in [2.24, 2.45) is 11.8 Å². The smallest absolute Gasteiger partial charge is 0.228 e. The molecule has 3 heteroatoms. The van der Waals surface area contributed by atoms with Crippen LogP contribution >= 0.6 is 0 Å². The van der Waals surface area contributed by atoms with Crippen molar-refractivity contribution in [3.8, 4) is 6.07 Å². The van der Waals surface area contributed by atoms with E-state index in [2.05, 4.69) is 11.4 Å². The fourth-order valence-corrected chi connectivity index (χ4v) is 2.61. The predicted octanol–water partition coefficient (Wildman–Crippen LogP) is 1.88. The molecule has 1 heterocycles. The SMILES string of the molecule is N#C[C@H]1C[C@@H]2C(=O)Nc3ccccc3[C@@H]21. The maximum absolute atomic E-state index is 11.7. The molecular weight excluding hydrogens is 188 g/mol. The largest absolute Gasteiger partial charge is 0.326 e. The highest BCUT2D eigenvalue weighted by Crippen LogP contribution is 2.52.